The van der Waals surface area contributed by atoms with E-state index in [4.69, 9.17) is 4.74 Å². The highest BCUT2D eigenvalue weighted by molar-refractivity contribution is 5.87. The molecule has 2 unspecified atom stereocenters. The number of carbonyl (C=O) groups is 1. The van der Waals surface area contributed by atoms with Crippen molar-refractivity contribution >= 4 is 22.9 Å². The topological polar surface area (TPSA) is 74.3 Å². The lowest BCUT2D eigenvalue weighted by Gasteiger charge is -2.40. The van der Waals surface area contributed by atoms with Gasteiger partial charge < -0.3 is 14.6 Å². The zero-order valence-corrected chi connectivity index (χ0v) is 12.5. The number of aromatic nitrogens is 3. The van der Waals surface area contributed by atoms with Gasteiger partial charge in [-0.25, -0.2) is 14.8 Å². The molecule has 0 saturated carbocycles. The largest absolute Gasteiger partial charge is 0.450 e. The van der Waals surface area contributed by atoms with E-state index in [1.54, 1.807) is 6.33 Å². The fraction of sp³-hybridized carbons (Fsp3) is 0.533. The summed E-state index contributed by atoms with van der Waals surface area (Å²) in [5.74, 6) is 0.951. The molecular weight excluding hydrogens is 282 g/mol. The Bertz CT molecular complexity index is 686. The standard InChI is InChI=1S/C15H19N5O2/c1-2-22-15(21)20-10-3-4-11(20)8-19(7-10)14-12-5-6-16-13(12)17-9-18-14/h5-6,9-11H,2-4,7-8H2,1H3,(H,16,17,18). The summed E-state index contributed by atoms with van der Waals surface area (Å²) in [6.45, 7) is 3.87. The number of ether oxygens (including phenoxy) is 1. The summed E-state index contributed by atoms with van der Waals surface area (Å²) in [7, 11) is 0. The maximum absolute atomic E-state index is 12.1. The van der Waals surface area contributed by atoms with Gasteiger partial charge in [-0.2, -0.15) is 0 Å². The molecule has 2 atom stereocenters. The van der Waals surface area contributed by atoms with Crippen molar-refractivity contribution in [2.24, 2.45) is 0 Å². The Balaban J connectivity index is 1.60. The summed E-state index contributed by atoms with van der Waals surface area (Å²) in [6.07, 6.45) is 5.35. The smallest absolute Gasteiger partial charge is 0.410 e. The van der Waals surface area contributed by atoms with Crippen molar-refractivity contribution in [3.8, 4) is 0 Å². The van der Waals surface area contributed by atoms with Crippen LogP contribution in [0, 0.1) is 0 Å². The molecule has 7 nitrogen and oxygen atoms in total. The van der Waals surface area contributed by atoms with Crippen molar-refractivity contribution in [1.82, 2.24) is 19.9 Å². The summed E-state index contributed by atoms with van der Waals surface area (Å²) in [5.41, 5.74) is 0.852. The molecule has 1 N–H and O–H groups in total. The molecule has 2 aromatic rings. The highest BCUT2D eigenvalue weighted by atomic mass is 16.6. The van der Waals surface area contributed by atoms with Crippen LogP contribution in [0.15, 0.2) is 18.6 Å². The summed E-state index contributed by atoms with van der Waals surface area (Å²) in [6, 6.07) is 2.42. The van der Waals surface area contributed by atoms with E-state index < -0.39 is 0 Å². The van der Waals surface area contributed by atoms with Crippen LogP contribution in [0.1, 0.15) is 19.8 Å². The van der Waals surface area contributed by atoms with Gasteiger partial charge in [0.25, 0.3) is 0 Å². The first-order valence-electron chi connectivity index (χ1n) is 7.76. The van der Waals surface area contributed by atoms with E-state index in [1.165, 1.54) is 0 Å². The van der Waals surface area contributed by atoms with E-state index in [-0.39, 0.29) is 18.2 Å². The zero-order valence-electron chi connectivity index (χ0n) is 12.5. The van der Waals surface area contributed by atoms with Crippen molar-refractivity contribution in [2.45, 2.75) is 31.8 Å². The van der Waals surface area contributed by atoms with Crippen LogP contribution in [0.4, 0.5) is 10.6 Å². The van der Waals surface area contributed by atoms with Gasteiger partial charge in [-0.15, -0.1) is 0 Å². The first kappa shape index (κ1) is 13.4. The maximum atomic E-state index is 12.1. The first-order valence-corrected chi connectivity index (χ1v) is 7.76. The average Bonchev–Trinajstić information content (AvgIpc) is 3.09. The minimum atomic E-state index is -0.177. The molecule has 0 aromatic carbocycles. The number of nitrogens with one attached hydrogen (secondary N) is 1. The second kappa shape index (κ2) is 5.15. The number of amides is 1. The number of piperazine rings is 1. The Kier molecular flexibility index (Phi) is 3.13. The molecule has 2 aliphatic rings. The van der Waals surface area contributed by atoms with E-state index in [2.05, 4.69) is 19.9 Å². The molecule has 0 spiro atoms. The second-order valence-electron chi connectivity index (χ2n) is 5.83. The molecule has 4 heterocycles. The van der Waals surface area contributed by atoms with Gasteiger partial charge in [0.2, 0.25) is 0 Å². The Hall–Kier alpha value is -2.31. The van der Waals surface area contributed by atoms with Gasteiger partial charge in [-0.05, 0) is 25.8 Å². The van der Waals surface area contributed by atoms with E-state index in [1.807, 2.05) is 24.1 Å². The van der Waals surface area contributed by atoms with Gasteiger partial charge >= 0.3 is 6.09 Å². The van der Waals surface area contributed by atoms with Crippen LogP contribution in [0.2, 0.25) is 0 Å². The van der Waals surface area contributed by atoms with Gasteiger partial charge in [-0.1, -0.05) is 0 Å². The average molecular weight is 301 g/mol. The normalized spacial score (nSPS) is 24.0. The van der Waals surface area contributed by atoms with Crippen molar-refractivity contribution in [2.75, 3.05) is 24.6 Å². The van der Waals surface area contributed by atoms with Crippen molar-refractivity contribution in [1.29, 1.82) is 0 Å². The van der Waals surface area contributed by atoms with Crippen LogP contribution in [0.3, 0.4) is 0 Å². The molecule has 4 rings (SSSR count). The molecule has 2 fully saturated rings. The van der Waals surface area contributed by atoms with Gasteiger partial charge in [0, 0.05) is 19.3 Å². The first-order chi connectivity index (χ1) is 10.8. The van der Waals surface area contributed by atoms with Crippen molar-refractivity contribution < 1.29 is 9.53 Å². The van der Waals surface area contributed by atoms with Crippen LogP contribution in [0.25, 0.3) is 11.0 Å². The molecule has 22 heavy (non-hydrogen) atoms. The molecular formula is C15H19N5O2. The second-order valence-corrected chi connectivity index (χ2v) is 5.83. The predicted octanol–water partition coefficient (Wildman–Crippen LogP) is 1.77. The molecule has 0 radical (unpaired) electrons. The molecule has 2 aliphatic heterocycles. The number of H-pyrrole nitrogens is 1. The number of carbonyl (C=O) groups excluding carboxylic acids is 1. The lowest BCUT2D eigenvalue weighted by molar-refractivity contribution is 0.0826. The SMILES string of the molecule is CCOC(=O)N1C2CCC1CN(c1ncnc3[nH]ccc13)C2. The lowest BCUT2D eigenvalue weighted by atomic mass is 10.2. The lowest BCUT2D eigenvalue weighted by Crippen LogP contribution is -2.56. The van der Waals surface area contributed by atoms with Crippen molar-refractivity contribution in [3.05, 3.63) is 18.6 Å². The third kappa shape index (κ3) is 2.00. The molecule has 0 aliphatic carbocycles. The third-order valence-corrected chi connectivity index (χ3v) is 4.59. The van der Waals surface area contributed by atoms with Crippen molar-refractivity contribution in [3.63, 3.8) is 0 Å². The fourth-order valence-corrected chi connectivity index (χ4v) is 3.68. The number of hydrogen-bond donors (Lipinski definition) is 1. The molecule has 1 amide bonds. The van der Waals surface area contributed by atoms with Crippen LogP contribution < -0.4 is 4.90 Å². The van der Waals surface area contributed by atoms with Crippen LogP contribution in [0.5, 0.6) is 0 Å². The number of nitrogens with zero attached hydrogens (tertiary/aromatic N) is 4. The summed E-state index contributed by atoms with van der Waals surface area (Å²) in [4.78, 5) is 28.2. The van der Waals surface area contributed by atoms with E-state index >= 15 is 0 Å². The predicted molar refractivity (Wildman–Crippen MR) is 81.8 cm³/mol. The number of fused-ring (bicyclic) bond motifs is 3. The minimum absolute atomic E-state index is 0.177. The summed E-state index contributed by atoms with van der Waals surface area (Å²) < 4.78 is 5.20. The van der Waals surface area contributed by atoms with Crippen LogP contribution >= 0.6 is 0 Å². The highest BCUT2D eigenvalue weighted by Gasteiger charge is 2.43. The molecule has 2 bridgehead atoms. The Morgan fingerprint density at radius 1 is 1.36 bits per heavy atom. The molecule has 2 aromatic heterocycles. The quantitative estimate of drug-likeness (QED) is 0.915. The number of rotatable bonds is 2. The molecule has 116 valence electrons. The van der Waals surface area contributed by atoms with Gasteiger partial charge in [-0.3, -0.25) is 4.90 Å². The maximum Gasteiger partial charge on any atom is 0.410 e. The van der Waals surface area contributed by atoms with Crippen LogP contribution in [-0.4, -0.2) is 57.7 Å². The fourth-order valence-electron chi connectivity index (χ4n) is 3.68. The summed E-state index contributed by atoms with van der Waals surface area (Å²) >= 11 is 0. The van der Waals surface area contributed by atoms with Gasteiger partial charge in [0.15, 0.2) is 0 Å². The molecule has 2 saturated heterocycles. The zero-order chi connectivity index (χ0) is 15.1. The van der Waals surface area contributed by atoms with Crippen LogP contribution in [-0.2, 0) is 4.74 Å². The minimum Gasteiger partial charge on any atom is -0.450 e. The number of anilines is 1. The van der Waals surface area contributed by atoms with Gasteiger partial charge in [0.1, 0.15) is 17.8 Å². The number of aromatic amines is 1. The number of hydrogen-bond acceptors (Lipinski definition) is 5. The van der Waals surface area contributed by atoms with Gasteiger partial charge in [0.05, 0.1) is 24.1 Å². The monoisotopic (exact) mass is 301 g/mol. The highest BCUT2D eigenvalue weighted by Crippen LogP contribution is 2.34. The molecule has 7 heteroatoms. The van der Waals surface area contributed by atoms with E-state index in [0.29, 0.717) is 6.61 Å². The third-order valence-electron chi connectivity index (χ3n) is 4.59. The van der Waals surface area contributed by atoms with E-state index in [0.717, 1.165) is 42.8 Å². The Labute approximate surface area is 128 Å². The summed E-state index contributed by atoms with van der Waals surface area (Å²) in [5, 5.41) is 1.03. The Morgan fingerprint density at radius 3 is 2.86 bits per heavy atom. The van der Waals surface area contributed by atoms with E-state index in [9.17, 15) is 4.79 Å². The Morgan fingerprint density at radius 2 is 2.14 bits per heavy atom.